The molecule has 7 nitrogen and oxygen atoms in total. The Labute approximate surface area is 210 Å². The summed E-state index contributed by atoms with van der Waals surface area (Å²) in [5.41, 5.74) is 2.73. The van der Waals surface area contributed by atoms with Gasteiger partial charge in [0.1, 0.15) is 17.3 Å². The molecule has 2 N–H and O–H groups in total. The summed E-state index contributed by atoms with van der Waals surface area (Å²) in [6, 6.07) is 17.1. The Balaban J connectivity index is 1.57. The van der Waals surface area contributed by atoms with Crippen LogP contribution in [0.5, 0.6) is 11.5 Å². The number of fused-ring (bicyclic) bond motifs is 1. The third kappa shape index (κ3) is 5.76. The van der Waals surface area contributed by atoms with Crippen molar-refractivity contribution in [3.63, 3.8) is 0 Å². The van der Waals surface area contributed by atoms with E-state index >= 15 is 0 Å². The van der Waals surface area contributed by atoms with Crippen LogP contribution in [0.4, 0.5) is 21.5 Å². The zero-order valence-corrected chi connectivity index (χ0v) is 20.5. The monoisotopic (exact) mass is 491 g/mol. The van der Waals surface area contributed by atoms with E-state index < -0.39 is 0 Å². The molecule has 0 fully saturated rings. The molecule has 0 aromatic heterocycles. The Morgan fingerprint density at radius 1 is 0.917 bits per heavy atom. The third-order valence-electron chi connectivity index (χ3n) is 5.83. The van der Waals surface area contributed by atoms with E-state index in [1.54, 1.807) is 47.4 Å². The van der Waals surface area contributed by atoms with E-state index in [1.165, 1.54) is 6.07 Å². The maximum absolute atomic E-state index is 14.5. The summed E-state index contributed by atoms with van der Waals surface area (Å²) < 4.78 is 26.1. The zero-order chi connectivity index (χ0) is 25.5. The predicted octanol–water partition coefficient (Wildman–Crippen LogP) is 5.27. The molecule has 1 aliphatic heterocycles. The summed E-state index contributed by atoms with van der Waals surface area (Å²) in [4.78, 5) is 27.5. The molecule has 0 spiro atoms. The fourth-order valence-corrected chi connectivity index (χ4v) is 4.30. The number of hydrogen-bond donors (Lipinski definition) is 2. The van der Waals surface area contributed by atoms with Crippen LogP contribution in [0.25, 0.3) is 0 Å². The molecular formula is C28H30FN3O4. The second-order valence-corrected chi connectivity index (χ2v) is 8.35. The van der Waals surface area contributed by atoms with Gasteiger partial charge in [-0.05, 0) is 50.5 Å². The van der Waals surface area contributed by atoms with Crippen LogP contribution < -0.4 is 25.0 Å². The van der Waals surface area contributed by atoms with Crippen LogP contribution in [0.3, 0.4) is 0 Å². The van der Waals surface area contributed by atoms with Gasteiger partial charge in [0.05, 0.1) is 36.8 Å². The molecule has 0 bridgehead atoms. The first-order valence-electron chi connectivity index (χ1n) is 12.1. The number of carbonyl (C=O) groups excluding carboxylic acids is 2. The topological polar surface area (TPSA) is 79.9 Å². The van der Waals surface area contributed by atoms with Gasteiger partial charge in [0.2, 0.25) is 5.91 Å². The van der Waals surface area contributed by atoms with Gasteiger partial charge in [-0.15, -0.1) is 0 Å². The van der Waals surface area contributed by atoms with Crippen molar-refractivity contribution in [1.29, 1.82) is 0 Å². The molecule has 36 heavy (non-hydrogen) atoms. The smallest absolute Gasteiger partial charge is 0.255 e. The van der Waals surface area contributed by atoms with Gasteiger partial charge in [0.15, 0.2) is 0 Å². The summed E-state index contributed by atoms with van der Waals surface area (Å²) in [6.45, 7) is 4.97. The lowest BCUT2D eigenvalue weighted by molar-refractivity contribution is -0.115. The molecule has 0 unspecified atom stereocenters. The van der Waals surface area contributed by atoms with Crippen molar-refractivity contribution in [2.45, 2.75) is 26.7 Å². The number of para-hydroxylation sites is 1. The highest BCUT2D eigenvalue weighted by Gasteiger charge is 2.23. The molecule has 1 heterocycles. The average Bonchev–Trinajstić information content (AvgIpc) is 2.87. The number of halogens is 1. The van der Waals surface area contributed by atoms with Crippen LogP contribution >= 0.6 is 0 Å². The van der Waals surface area contributed by atoms with Crippen LogP contribution in [-0.4, -0.2) is 38.1 Å². The highest BCUT2D eigenvalue weighted by Crippen LogP contribution is 2.37. The number of aryl methyl sites for hydroxylation is 1. The van der Waals surface area contributed by atoms with Crippen molar-refractivity contribution in [3.8, 4) is 11.5 Å². The van der Waals surface area contributed by atoms with Crippen LogP contribution in [0.1, 0.15) is 36.2 Å². The second kappa shape index (κ2) is 11.6. The lowest BCUT2D eigenvalue weighted by Gasteiger charge is -2.31. The van der Waals surface area contributed by atoms with Gasteiger partial charge in [-0.25, -0.2) is 4.39 Å². The average molecular weight is 492 g/mol. The zero-order valence-electron chi connectivity index (χ0n) is 20.5. The first kappa shape index (κ1) is 25.0. The van der Waals surface area contributed by atoms with Gasteiger partial charge < -0.3 is 25.0 Å². The van der Waals surface area contributed by atoms with E-state index in [0.29, 0.717) is 53.9 Å². The molecule has 3 aromatic carbocycles. The lowest BCUT2D eigenvalue weighted by Crippen LogP contribution is -2.37. The molecule has 3 aromatic rings. The standard InChI is InChI=1S/C28H30FN3O4/c1-3-35-24-17-23(31-28(34)20-10-6-5-7-11-20)25(36-4-2)16-22(24)30-26(33)18-32-15-9-13-19-12-8-14-21(29)27(19)32/h5-8,10-12,14,16-17H,3-4,9,13,15,18H2,1-2H3,(H,30,33)(H,31,34). The van der Waals surface area contributed by atoms with Gasteiger partial charge in [-0.3, -0.25) is 9.59 Å². The minimum atomic E-state index is -0.327. The first-order chi connectivity index (χ1) is 17.5. The number of rotatable bonds is 9. The molecule has 0 atom stereocenters. The van der Waals surface area contributed by atoms with E-state index in [-0.39, 0.29) is 24.2 Å². The van der Waals surface area contributed by atoms with Gasteiger partial charge in [0.25, 0.3) is 5.91 Å². The number of nitrogens with zero attached hydrogens (tertiary/aromatic N) is 1. The van der Waals surface area contributed by atoms with E-state index in [2.05, 4.69) is 10.6 Å². The van der Waals surface area contributed by atoms with Gasteiger partial charge in [0, 0.05) is 24.2 Å². The first-order valence-corrected chi connectivity index (χ1v) is 12.1. The number of hydrogen-bond acceptors (Lipinski definition) is 5. The molecular weight excluding hydrogens is 461 g/mol. The Kier molecular flexibility index (Phi) is 8.05. The summed E-state index contributed by atoms with van der Waals surface area (Å²) in [5, 5.41) is 5.75. The Hall–Kier alpha value is -4.07. The number of amides is 2. The van der Waals surface area contributed by atoms with Crippen molar-refractivity contribution in [1.82, 2.24) is 0 Å². The summed E-state index contributed by atoms with van der Waals surface area (Å²) in [5.74, 6) is -0.137. The van der Waals surface area contributed by atoms with Crippen molar-refractivity contribution in [2.24, 2.45) is 0 Å². The number of carbonyl (C=O) groups is 2. The van der Waals surface area contributed by atoms with Crippen LogP contribution in [0.15, 0.2) is 60.7 Å². The van der Waals surface area contributed by atoms with Gasteiger partial charge in [-0.1, -0.05) is 30.3 Å². The van der Waals surface area contributed by atoms with Crippen molar-refractivity contribution < 1.29 is 23.5 Å². The van der Waals surface area contributed by atoms with Crippen molar-refractivity contribution in [3.05, 3.63) is 77.6 Å². The molecule has 0 saturated heterocycles. The van der Waals surface area contributed by atoms with Gasteiger partial charge in [-0.2, -0.15) is 0 Å². The Morgan fingerprint density at radius 3 is 2.25 bits per heavy atom. The molecule has 0 aliphatic carbocycles. The number of nitrogens with one attached hydrogen (secondary N) is 2. The van der Waals surface area contributed by atoms with Crippen molar-refractivity contribution >= 4 is 28.9 Å². The maximum atomic E-state index is 14.5. The largest absolute Gasteiger partial charge is 0.492 e. The molecule has 4 rings (SSSR count). The van der Waals surface area contributed by atoms with E-state index in [4.69, 9.17) is 9.47 Å². The minimum Gasteiger partial charge on any atom is -0.492 e. The molecule has 0 radical (unpaired) electrons. The second-order valence-electron chi connectivity index (χ2n) is 8.35. The molecule has 8 heteroatoms. The summed E-state index contributed by atoms with van der Waals surface area (Å²) in [6.07, 6.45) is 1.63. The predicted molar refractivity (Wildman–Crippen MR) is 139 cm³/mol. The summed E-state index contributed by atoms with van der Waals surface area (Å²) >= 11 is 0. The highest BCUT2D eigenvalue weighted by atomic mass is 19.1. The van der Waals surface area contributed by atoms with E-state index in [0.717, 1.165) is 18.4 Å². The molecule has 2 amide bonds. The quantitative estimate of drug-likeness (QED) is 0.427. The van der Waals surface area contributed by atoms with Crippen LogP contribution in [-0.2, 0) is 11.2 Å². The van der Waals surface area contributed by atoms with E-state index in [9.17, 15) is 14.0 Å². The third-order valence-corrected chi connectivity index (χ3v) is 5.83. The normalized spacial score (nSPS) is 12.5. The Morgan fingerprint density at radius 2 is 1.58 bits per heavy atom. The van der Waals surface area contributed by atoms with Crippen LogP contribution in [0, 0.1) is 5.82 Å². The van der Waals surface area contributed by atoms with Gasteiger partial charge >= 0.3 is 0 Å². The van der Waals surface area contributed by atoms with Crippen LogP contribution in [0.2, 0.25) is 0 Å². The SMILES string of the molecule is CCOc1cc(NC(=O)c2ccccc2)c(OCC)cc1NC(=O)CN1CCCc2cccc(F)c21. The highest BCUT2D eigenvalue weighted by molar-refractivity contribution is 6.05. The molecule has 1 aliphatic rings. The number of anilines is 3. The fourth-order valence-electron chi connectivity index (χ4n) is 4.30. The lowest BCUT2D eigenvalue weighted by atomic mass is 10.0. The molecule has 0 saturated carbocycles. The number of ether oxygens (including phenoxy) is 2. The molecule has 188 valence electrons. The minimum absolute atomic E-state index is 0.00401. The number of benzene rings is 3. The maximum Gasteiger partial charge on any atom is 0.255 e. The Bertz CT molecular complexity index is 1230. The van der Waals surface area contributed by atoms with E-state index in [1.807, 2.05) is 26.0 Å². The fraction of sp³-hybridized carbons (Fsp3) is 0.286. The summed E-state index contributed by atoms with van der Waals surface area (Å²) in [7, 11) is 0. The van der Waals surface area contributed by atoms with Crippen molar-refractivity contribution in [2.75, 3.05) is 41.8 Å².